The van der Waals surface area contributed by atoms with Crippen LogP contribution in [0.25, 0.3) is 0 Å². The van der Waals surface area contributed by atoms with Gasteiger partial charge in [0.25, 0.3) is 5.91 Å². The molecule has 1 saturated heterocycles. The van der Waals surface area contributed by atoms with Crippen LogP contribution in [-0.4, -0.2) is 29.0 Å². The molecule has 0 bridgehead atoms. The molecule has 0 aliphatic carbocycles. The van der Waals surface area contributed by atoms with Crippen molar-refractivity contribution in [1.82, 2.24) is 4.90 Å². The Balaban J connectivity index is 2.16. The van der Waals surface area contributed by atoms with Gasteiger partial charge in [-0.1, -0.05) is 24.3 Å². The summed E-state index contributed by atoms with van der Waals surface area (Å²) in [5.41, 5.74) is -2.87. The van der Waals surface area contributed by atoms with Crippen molar-refractivity contribution in [1.29, 1.82) is 5.26 Å². The van der Waals surface area contributed by atoms with Gasteiger partial charge in [-0.2, -0.15) is 18.4 Å². The minimum Gasteiger partial charge on any atom is -0.296 e. The molecule has 1 fully saturated rings. The topological polar surface area (TPSA) is 64.4 Å². The SMILES string of the molecule is CSCN1C(=O)N(c2ccc(C#N)c(C(F)(F)F)c2)C(=O)C1(C)c1cc[c]cc1. The number of thioether (sulfide) groups is 1. The van der Waals surface area contributed by atoms with Crippen molar-refractivity contribution in [2.45, 2.75) is 18.6 Å². The molecule has 149 valence electrons. The van der Waals surface area contributed by atoms with Crippen molar-refractivity contribution >= 4 is 29.4 Å². The second kappa shape index (κ2) is 7.44. The van der Waals surface area contributed by atoms with Crippen LogP contribution < -0.4 is 4.90 Å². The molecule has 1 radical (unpaired) electrons. The van der Waals surface area contributed by atoms with Crippen LogP contribution in [0.2, 0.25) is 0 Å². The van der Waals surface area contributed by atoms with Crippen molar-refractivity contribution in [3.05, 3.63) is 65.2 Å². The van der Waals surface area contributed by atoms with Crippen LogP contribution in [0.15, 0.2) is 42.5 Å². The monoisotopic (exact) mass is 418 g/mol. The lowest BCUT2D eigenvalue weighted by atomic mass is 9.90. The summed E-state index contributed by atoms with van der Waals surface area (Å²) >= 11 is 1.31. The summed E-state index contributed by atoms with van der Waals surface area (Å²) in [7, 11) is 0. The molecule has 2 aromatic rings. The number of hydrogen-bond donors (Lipinski definition) is 0. The fourth-order valence-electron chi connectivity index (χ4n) is 3.27. The number of nitrogens with zero attached hydrogens (tertiary/aromatic N) is 3. The molecule has 1 unspecified atom stereocenters. The number of urea groups is 1. The lowest BCUT2D eigenvalue weighted by molar-refractivity contribution is -0.137. The zero-order chi connectivity index (χ0) is 21.4. The third-order valence-corrected chi connectivity index (χ3v) is 5.32. The molecule has 3 rings (SSSR count). The van der Waals surface area contributed by atoms with E-state index in [0.29, 0.717) is 11.6 Å². The number of carbonyl (C=O) groups excluding carboxylic acids is 2. The molecule has 9 heteroatoms. The average molecular weight is 418 g/mol. The van der Waals surface area contributed by atoms with Crippen LogP contribution in [-0.2, 0) is 16.5 Å². The molecule has 0 saturated carbocycles. The Bertz CT molecular complexity index is 1000. The van der Waals surface area contributed by atoms with Gasteiger partial charge in [-0.25, -0.2) is 9.69 Å². The van der Waals surface area contributed by atoms with Crippen molar-refractivity contribution in [2.75, 3.05) is 17.0 Å². The molecule has 1 aliphatic heterocycles. The lowest BCUT2D eigenvalue weighted by Gasteiger charge is -2.31. The first-order valence-electron chi connectivity index (χ1n) is 8.39. The van der Waals surface area contributed by atoms with Crippen LogP contribution in [0.5, 0.6) is 0 Å². The Kier molecular flexibility index (Phi) is 5.32. The molecule has 1 atom stereocenters. The Morgan fingerprint density at radius 2 is 1.86 bits per heavy atom. The summed E-state index contributed by atoms with van der Waals surface area (Å²) in [4.78, 5) is 28.5. The Morgan fingerprint density at radius 1 is 1.21 bits per heavy atom. The van der Waals surface area contributed by atoms with Gasteiger partial charge in [-0.3, -0.25) is 9.69 Å². The maximum absolute atomic E-state index is 13.4. The van der Waals surface area contributed by atoms with Gasteiger partial charge in [0.05, 0.1) is 28.8 Å². The van der Waals surface area contributed by atoms with E-state index in [9.17, 15) is 22.8 Å². The van der Waals surface area contributed by atoms with E-state index in [-0.39, 0.29) is 11.6 Å². The second-order valence-corrected chi connectivity index (χ2v) is 7.30. The minimum atomic E-state index is -4.80. The predicted molar refractivity (Wildman–Crippen MR) is 102 cm³/mol. The molecule has 2 aromatic carbocycles. The number of hydrogen-bond acceptors (Lipinski definition) is 4. The number of alkyl halides is 3. The normalized spacial score (nSPS) is 19.6. The summed E-state index contributed by atoms with van der Waals surface area (Å²) < 4.78 is 40.1. The molecule has 1 aliphatic rings. The van der Waals surface area contributed by atoms with Gasteiger partial charge in [0, 0.05) is 0 Å². The van der Waals surface area contributed by atoms with E-state index in [1.165, 1.54) is 28.8 Å². The number of nitriles is 1. The molecule has 1 heterocycles. The average Bonchev–Trinajstić information content (AvgIpc) is 2.89. The second-order valence-electron chi connectivity index (χ2n) is 6.47. The van der Waals surface area contributed by atoms with E-state index in [0.717, 1.165) is 11.0 Å². The number of benzene rings is 2. The molecule has 0 N–H and O–H groups in total. The fraction of sp³-hybridized carbons (Fsp3) is 0.250. The number of rotatable bonds is 4. The van der Waals surface area contributed by atoms with Crippen molar-refractivity contribution < 1.29 is 22.8 Å². The minimum absolute atomic E-state index is 0.165. The van der Waals surface area contributed by atoms with Gasteiger partial charge in [0.15, 0.2) is 0 Å². The van der Waals surface area contributed by atoms with Gasteiger partial charge < -0.3 is 0 Å². The molecule has 0 aromatic heterocycles. The molecule has 3 amide bonds. The van der Waals surface area contributed by atoms with E-state index < -0.39 is 34.8 Å². The Hall–Kier alpha value is -2.99. The Labute approximate surface area is 169 Å². The van der Waals surface area contributed by atoms with Gasteiger partial charge in [-0.15, -0.1) is 11.8 Å². The molecule has 29 heavy (non-hydrogen) atoms. The first kappa shape index (κ1) is 20.7. The van der Waals surface area contributed by atoms with Gasteiger partial charge in [0.2, 0.25) is 0 Å². The maximum atomic E-state index is 13.4. The Morgan fingerprint density at radius 3 is 2.41 bits per heavy atom. The van der Waals surface area contributed by atoms with Gasteiger partial charge in [0.1, 0.15) is 5.54 Å². The standard InChI is InChI=1S/C20H15F3N3O2S/c1-19(14-6-4-3-5-7-14)17(27)26(18(28)25(19)12-29-2)15-9-8-13(11-24)16(10-15)20(21,22)23/h4-10H,12H2,1-2H3. The number of halogens is 3. The highest BCUT2D eigenvalue weighted by Gasteiger charge is 2.55. The highest BCUT2D eigenvalue weighted by atomic mass is 32.2. The number of amides is 3. The van der Waals surface area contributed by atoms with E-state index in [1.807, 2.05) is 0 Å². The third-order valence-electron chi connectivity index (χ3n) is 4.81. The first-order chi connectivity index (χ1) is 13.7. The van der Waals surface area contributed by atoms with E-state index in [1.54, 1.807) is 37.4 Å². The van der Waals surface area contributed by atoms with Gasteiger partial charge >= 0.3 is 12.2 Å². The van der Waals surface area contributed by atoms with Crippen LogP contribution in [0.1, 0.15) is 23.6 Å². The summed E-state index contributed by atoms with van der Waals surface area (Å²) in [5.74, 6) is -0.501. The quantitative estimate of drug-likeness (QED) is 0.692. The zero-order valence-electron chi connectivity index (χ0n) is 15.4. The van der Waals surface area contributed by atoms with E-state index in [4.69, 9.17) is 5.26 Å². The highest BCUT2D eigenvalue weighted by molar-refractivity contribution is 7.98. The summed E-state index contributed by atoms with van der Waals surface area (Å²) in [6, 6.07) is 12.9. The van der Waals surface area contributed by atoms with Crippen molar-refractivity contribution in [3.8, 4) is 6.07 Å². The van der Waals surface area contributed by atoms with Gasteiger partial charge in [-0.05, 0) is 43.0 Å². The number of imide groups is 1. The molecular weight excluding hydrogens is 403 g/mol. The summed E-state index contributed by atoms with van der Waals surface area (Å²) in [5, 5.41) is 8.97. The molecular formula is C20H15F3N3O2S. The summed E-state index contributed by atoms with van der Waals surface area (Å²) in [6.07, 6.45) is -3.05. The third kappa shape index (κ3) is 3.34. The zero-order valence-corrected chi connectivity index (χ0v) is 16.3. The number of anilines is 1. The predicted octanol–water partition coefficient (Wildman–Crippen LogP) is 4.38. The van der Waals surface area contributed by atoms with Crippen LogP contribution in [0.3, 0.4) is 0 Å². The van der Waals surface area contributed by atoms with Crippen molar-refractivity contribution in [3.63, 3.8) is 0 Å². The number of carbonyl (C=O) groups is 2. The van der Waals surface area contributed by atoms with Crippen LogP contribution in [0, 0.1) is 17.4 Å². The first-order valence-corrected chi connectivity index (χ1v) is 9.78. The fourth-order valence-corrected chi connectivity index (χ4v) is 3.89. The smallest absolute Gasteiger partial charge is 0.296 e. The van der Waals surface area contributed by atoms with Crippen LogP contribution in [0.4, 0.5) is 23.7 Å². The molecule has 5 nitrogen and oxygen atoms in total. The highest BCUT2D eigenvalue weighted by Crippen LogP contribution is 2.42. The van der Waals surface area contributed by atoms with Crippen molar-refractivity contribution in [2.24, 2.45) is 0 Å². The largest absolute Gasteiger partial charge is 0.417 e. The maximum Gasteiger partial charge on any atom is 0.417 e. The van der Waals surface area contributed by atoms with Crippen LogP contribution >= 0.6 is 11.8 Å². The van der Waals surface area contributed by atoms with E-state index in [2.05, 4.69) is 6.07 Å². The molecule has 0 spiro atoms. The van der Waals surface area contributed by atoms with E-state index >= 15 is 0 Å². The summed E-state index contributed by atoms with van der Waals surface area (Å²) in [6.45, 7) is 1.56. The lowest BCUT2D eigenvalue weighted by Crippen LogP contribution is -2.44.